The highest BCUT2D eigenvalue weighted by atomic mass is 127. The number of rotatable bonds is 1. The molecule has 1 aromatic carbocycles. The number of nitrogens with one attached hydrogen (secondary N) is 1. The van der Waals surface area contributed by atoms with Crippen LogP contribution in [0.3, 0.4) is 0 Å². The monoisotopic (exact) mass is 285 g/mol. The summed E-state index contributed by atoms with van der Waals surface area (Å²) in [6.45, 7) is 0. The Kier molecular flexibility index (Phi) is 2.95. The lowest BCUT2D eigenvalue weighted by molar-refractivity contribution is 0.621. The molecular weight excluding hydrogens is 279 g/mol. The van der Waals surface area contributed by atoms with Crippen LogP contribution in [-0.4, -0.2) is 7.05 Å². The Balaban J connectivity index is 3.25. The predicted molar refractivity (Wildman–Crippen MR) is 53.7 cm³/mol. The number of hydrogen-bond donors (Lipinski definition) is 1. The van der Waals surface area contributed by atoms with Gasteiger partial charge >= 0.3 is 0 Å². The van der Waals surface area contributed by atoms with E-state index in [1.165, 1.54) is 0 Å². The lowest BCUT2D eigenvalue weighted by atomic mass is 10.3. The fourth-order valence-electron chi connectivity index (χ4n) is 0.719. The fraction of sp³-hybridized carbons (Fsp3) is 0.143. The molecule has 0 radical (unpaired) electrons. The van der Waals surface area contributed by atoms with Crippen molar-refractivity contribution in [2.75, 3.05) is 12.4 Å². The van der Waals surface area contributed by atoms with Gasteiger partial charge in [0.2, 0.25) is 0 Å². The molecule has 0 amide bonds. The molecule has 11 heavy (non-hydrogen) atoms. The summed E-state index contributed by atoms with van der Waals surface area (Å²) >= 11 is 7.55. The van der Waals surface area contributed by atoms with E-state index in [1.807, 2.05) is 22.6 Å². The Hall–Kier alpha value is -0.0300. The SMILES string of the molecule is CNc1ccc(I)c(F)c1Cl. The van der Waals surface area contributed by atoms with Gasteiger partial charge in [-0.3, -0.25) is 0 Å². The van der Waals surface area contributed by atoms with Crippen molar-refractivity contribution in [3.63, 3.8) is 0 Å². The van der Waals surface area contributed by atoms with Gasteiger partial charge in [0.25, 0.3) is 0 Å². The Morgan fingerprint density at radius 3 is 2.73 bits per heavy atom. The van der Waals surface area contributed by atoms with Crippen LogP contribution in [0.1, 0.15) is 0 Å². The highest BCUT2D eigenvalue weighted by molar-refractivity contribution is 14.1. The fourth-order valence-corrected chi connectivity index (χ4v) is 1.59. The van der Waals surface area contributed by atoms with Crippen LogP contribution in [0.15, 0.2) is 12.1 Å². The van der Waals surface area contributed by atoms with Crippen molar-refractivity contribution in [3.8, 4) is 0 Å². The van der Waals surface area contributed by atoms with E-state index in [1.54, 1.807) is 19.2 Å². The third-order valence-electron chi connectivity index (χ3n) is 1.30. The molecule has 0 saturated carbocycles. The largest absolute Gasteiger partial charge is 0.387 e. The molecule has 0 spiro atoms. The second-order valence-corrected chi connectivity index (χ2v) is 3.51. The number of anilines is 1. The smallest absolute Gasteiger partial charge is 0.157 e. The summed E-state index contributed by atoms with van der Waals surface area (Å²) in [6.07, 6.45) is 0. The van der Waals surface area contributed by atoms with Crippen molar-refractivity contribution in [3.05, 3.63) is 26.5 Å². The zero-order valence-electron chi connectivity index (χ0n) is 5.79. The zero-order chi connectivity index (χ0) is 8.43. The van der Waals surface area contributed by atoms with E-state index in [9.17, 15) is 4.39 Å². The number of benzene rings is 1. The summed E-state index contributed by atoms with van der Waals surface area (Å²) in [5, 5.41) is 2.94. The first-order chi connectivity index (χ1) is 5.16. The standard InChI is InChI=1S/C7H6ClFIN/c1-11-5-3-2-4(10)7(9)6(5)8/h2-3,11H,1H3. The van der Waals surface area contributed by atoms with Crippen LogP contribution in [0.5, 0.6) is 0 Å². The Morgan fingerprint density at radius 2 is 2.18 bits per heavy atom. The summed E-state index contributed by atoms with van der Waals surface area (Å²) in [4.78, 5) is 0. The normalized spacial score (nSPS) is 9.82. The van der Waals surface area contributed by atoms with E-state index in [4.69, 9.17) is 11.6 Å². The second kappa shape index (κ2) is 3.58. The average Bonchev–Trinajstić information content (AvgIpc) is 2.01. The minimum absolute atomic E-state index is 0.152. The van der Waals surface area contributed by atoms with E-state index in [2.05, 4.69) is 5.32 Å². The van der Waals surface area contributed by atoms with Crippen molar-refractivity contribution >= 4 is 39.9 Å². The van der Waals surface area contributed by atoms with Crippen molar-refractivity contribution < 1.29 is 4.39 Å². The van der Waals surface area contributed by atoms with Crippen LogP contribution in [0, 0.1) is 9.39 Å². The van der Waals surface area contributed by atoms with Gasteiger partial charge in [0, 0.05) is 7.05 Å². The van der Waals surface area contributed by atoms with Crippen LogP contribution in [0.25, 0.3) is 0 Å². The second-order valence-electron chi connectivity index (χ2n) is 1.97. The average molecular weight is 285 g/mol. The van der Waals surface area contributed by atoms with E-state index >= 15 is 0 Å². The van der Waals surface area contributed by atoms with Gasteiger partial charge in [0.15, 0.2) is 5.82 Å². The molecule has 0 saturated heterocycles. The zero-order valence-corrected chi connectivity index (χ0v) is 8.70. The maximum absolute atomic E-state index is 13.0. The first-order valence-corrected chi connectivity index (χ1v) is 4.43. The molecule has 0 aromatic heterocycles. The molecule has 0 heterocycles. The molecule has 1 aromatic rings. The van der Waals surface area contributed by atoms with Gasteiger partial charge in [-0.2, -0.15) is 0 Å². The van der Waals surface area contributed by atoms with Crippen LogP contribution in [-0.2, 0) is 0 Å². The molecule has 1 rings (SSSR count). The van der Waals surface area contributed by atoms with E-state index < -0.39 is 0 Å². The molecule has 0 bridgehead atoms. The summed E-state index contributed by atoms with van der Waals surface area (Å²) in [5.74, 6) is -0.362. The third kappa shape index (κ3) is 1.76. The van der Waals surface area contributed by atoms with E-state index in [-0.39, 0.29) is 10.8 Å². The van der Waals surface area contributed by atoms with Gasteiger partial charge in [-0.25, -0.2) is 4.39 Å². The van der Waals surface area contributed by atoms with Crippen LogP contribution in [0.2, 0.25) is 5.02 Å². The molecule has 0 aliphatic rings. The summed E-state index contributed by atoms with van der Waals surface area (Å²) < 4.78 is 13.5. The molecule has 1 nitrogen and oxygen atoms in total. The van der Waals surface area contributed by atoms with Crippen molar-refractivity contribution in [2.45, 2.75) is 0 Å². The lowest BCUT2D eigenvalue weighted by Crippen LogP contribution is -1.92. The summed E-state index contributed by atoms with van der Waals surface area (Å²) in [7, 11) is 1.70. The van der Waals surface area contributed by atoms with E-state index in [0.717, 1.165) is 0 Å². The molecule has 0 atom stereocenters. The summed E-state index contributed by atoms with van der Waals surface area (Å²) in [6, 6.07) is 3.42. The molecular formula is C7H6ClFIN. The van der Waals surface area contributed by atoms with Gasteiger partial charge in [-0.05, 0) is 34.7 Å². The maximum Gasteiger partial charge on any atom is 0.157 e. The van der Waals surface area contributed by atoms with Gasteiger partial charge in [0.1, 0.15) is 5.02 Å². The van der Waals surface area contributed by atoms with Gasteiger partial charge < -0.3 is 5.32 Å². The van der Waals surface area contributed by atoms with Gasteiger partial charge in [-0.15, -0.1) is 0 Å². The van der Waals surface area contributed by atoms with Crippen LogP contribution in [0.4, 0.5) is 10.1 Å². The minimum atomic E-state index is -0.362. The molecule has 4 heteroatoms. The quantitative estimate of drug-likeness (QED) is 0.617. The highest BCUT2D eigenvalue weighted by Crippen LogP contribution is 2.27. The lowest BCUT2D eigenvalue weighted by Gasteiger charge is -2.04. The van der Waals surface area contributed by atoms with E-state index in [0.29, 0.717) is 9.26 Å². The van der Waals surface area contributed by atoms with Crippen molar-refractivity contribution in [2.24, 2.45) is 0 Å². The molecule has 0 aliphatic carbocycles. The van der Waals surface area contributed by atoms with Crippen LogP contribution < -0.4 is 5.32 Å². The Labute approximate surface area is 83.1 Å². The Morgan fingerprint density at radius 1 is 1.55 bits per heavy atom. The topological polar surface area (TPSA) is 12.0 Å². The Bertz CT molecular complexity index is 277. The highest BCUT2D eigenvalue weighted by Gasteiger charge is 2.07. The minimum Gasteiger partial charge on any atom is -0.387 e. The number of hydrogen-bond acceptors (Lipinski definition) is 1. The molecule has 0 fully saturated rings. The van der Waals surface area contributed by atoms with Crippen molar-refractivity contribution in [1.82, 2.24) is 0 Å². The molecule has 0 unspecified atom stereocenters. The van der Waals surface area contributed by atoms with Gasteiger partial charge in [0.05, 0.1) is 9.26 Å². The number of halogens is 3. The predicted octanol–water partition coefficient (Wildman–Crippen LogP) is 3.13. The molecule has 0 aliphatic heterocycles. The maximum atomic E-state index is 13.0. The molecule has 1 N–H and O–H groups in total. The first kappa shape index (κ1) is 9.06. The van der Waals surface area contributed by atoms with Gasteiger partial charge in [-0.1, -0.05) is 11.6 Å². The summed E-state index contributed by atoms with van der Waals surface area (Å²) in [5.41, 5.74) is 0.615. The van der Waals surface area contributed by atoms with Crippen LogP contribution >= 0.6 is 34.2 Å². The third-order valence-corrected chi connectivity index (χ3v) is 2.51. The molecule has 60 valence electrons. The van der Waals surface area contributed by atoms with Crippen molar-refractivity contribution in [1.29, 1.82) is 0 Å². The first-order valence-electron chi connectivity index (χ1n) is 2.98.